The number of nitrogens with zero attached hydrogens (tertiary/aromatic N) is 2. The summed E-state index contributed by atoms with van der Waals surface area (Å²) in [6, 6.07) is 9.64. The van der Waals surface area contributed by atoms with Gasteiger partial charge >= 0.3 is 0 Å². The van der Waals surface area contributed by atoms with Crippen molar-refractivity contribution < 1.29 is 23.2 Å². The number of carbonyl (C=O) groups is 3. The number of piperazine rings is 1. The first-order valence-electron chi connectivity index (χ1n) is 10.6. The van der Waals surface area contributed by atoms with E-state index in [-0.39, 0.29) is 29.3 Å². The van der Waals surface area contributed by atoms with E-state index in [4.69, 9.17) is 0 Å². The predicted octanol–water partition coefficient (Wildman–Crippen LogP) is 3.09. The van der Waals surface area contributed by atoms with Crippen molar-refractivity contribution in [2.75, 3.05) is 19.6 Å². The average Bonchev–Trinajstić information content (AvgIpc) is 2.76. The topological polar surface area (TPSA) is 69.7 Å². The molecule has 6 nitrogen and oxygen atoms in total. The molecule has 2 aromatic carbocycles. The zero-order valence-electron chi connectivity index (χ0n) is 18.3. The monoisotopic (exact) mass is 443 g/mol. The lowest BCUT2D eigenvalue weighted by molar-refractivity contribution is -0.136. The molecule has 0 aliphatic carbocycles. The Kier molecular flexibility index (Phi) is 7.22. The zero-order valence-corrected chi connectivity index (χ0v) is 18.3. The third-order valence-corrected chi connectivity index (χ3v) is 5.60. The molecule has 0 bridgehead atoms. The molecular weight excluding hydrogens is 416 g/mol. The molecule has 2 unspecified atom stereocenters. The normalized spacial score (nSPS) is 17.2. The molecule has 8 heteroatoms. The van der Waals surface area contributed by atoms with Gasteiger partial charge in [-0.3, -0.25) is 14.4 Å². The Morgan fingerprint density at radius 3 is 2.25 bits per heavy atom. The lowest BCUT2D eigenvalue weighted by atomic mass is 10.0. The zero-order chi connectivity index (χ0) is 23.4. The number of amides is 3. The van der Waals surface area contributed by atoms with Gasteiger partial charge in [-0.05, 0) is 55.3 Å². The number of hydrogen-bond acceptors (Lipinski definition) is 3. The van der Waals surface area contributed by atoms with Crippen LogP contribution < -0.4 is 5.32 Å². The summed E-state index contributed by atoms with van der Waals surface area (Å²) in [6.07, 6.45) is 0. The van der Waals surface area contributed by atoms with Gasteiger partial charge in [-0.25, -0.2) is 8.78 Å². The van der Waals surface area contributed by atoms with E-state index in [2.05, 4.69) is 5.32 Å². The van der Waals surface area contributed by atoms with Crippen molar-refractivity contribution in [1.29, 1.82) is 0 Å². The van der Waals surface area contributed by atoms with Crippen molar-refractivity contribution in [2.45, 2.75) is 32.9 Å². The van der Waals surface area contributed by atoms with Gasteiger partial charge in [0.05, 0.1) is 0 Å². The van der Waals surface area contributed by atoms with Crippen LogP contribution in [0.5, 0.6) is 0 Å². The smallest absolute Gasteiger partial charge is 0.254 e. The molecule has 0 spiro atoms. The Morgan fingerprint density at radius 2 is 1.66 bits per heavy atom. The van der Waals surface area contributed by atoms with Crippen LogP contribution >= 0.6 is 0 Å². The second-order valence-corrected chi connectivity index (χ2v) is 8.34. The van der Waals surface area contributed by atoms with Gasteiger partial charge in [-0.1, -0.05) is 19.9 Å². The molecule has 1 N–H and O–H groups in total. The van der Waals surface area contributed by atoms with Crippen molar-refractivity contribution in [3.05, 3.63) is 71.3 Å². The summed E-state index contributed by atoms with van der Waals surface area (Å²) < 4.78 is 26.6. The average molecular weight is 443 g/mol. The molecule has 3 rings (SSSR count). The minimum Gasteiger partial charge on any atom is -0.340 e. The maximum absolute atomic E-state index is 13.5. The van der Waals surface area contributed by atoms with Gasteiger partial charge in [-0.2, -0.15) is 0 Å². The minimum atomic E-state index is -0.780. The van der Waals surface area contributed by atoms with Gasteiger partial charge in [-0.15, -0.1) is 0 Å². The molecule has 0 saturated carbocycles. The highest BCUT2D eigenvalue weighted by atomic mass is 19.1. The van der Waals surface area contributed by atoms with E-state index in [1.165, 1.54) is 42.5 Å². The van der Waals surface area contributed by atoms with Gasteiger partial charge in [0, 0.05) is 36.8 Å². The standard InChI is InChI=1S/C24H27F2N3O3/c1-15(2)21(27-22(30)18-5-4-6-20(26)13-18)24(32)28-11-12-29(16(3)14-28)23(31)17-7-9-19(25)10-8-17/h4-10,13,15-16,21H,11-12,14H2,1-3H3,(H,27,30). The molecule has 1 saturated heterocycles. The Morgan fingerprint density at radius 1 is 0.969 bits per heavy atom. The van der Waals surface area contributed by atoms with Crippen LogP contribution in [0, 0.1) is 17.6 Å². The summed E-state index contributed by atoms with van der Waals surface area (Å²) in [4.78, 5) is 41.8. The Balaban J connectivity index is 1.66. The fraction of sp³-hybridized carbons (Fsp3) is 0.375. The van der Waals surface area contributed by atoms with Crippen LogP contribution in [0.4, 0.5) is 8.78 Å². The molecule has 0 radical (unpaired) electrons. The molecule has 1 aliphatic heterocycles. The highest BCUT2D eigenvalue weighted by molar-refractivity contribution is 5.98. The van der Waals surface area contributed by atoms with Crippen molar-refractivity contribution in [3.63, 3.8) is 0 Å². The number of carbonyl (C=O) groups excluding carboxylic acids is 3. The molecule has 1 heterocycles. The van der Waals surface area contributed by atoms with Gasteiger partial charge < -0.3 is 15.1 Å². The van der Waals surface area contributed by atoms with Gasteiger partial charge in [0.25, 0.3) is 11.8 Å². The second-order valence-electron chi connectivity index (χ2n) is 8.34. The molecular formula is C24H27F2N3O3. The Bertz CT molecular complexity index is 994. The second kappa shape index (κ2) is 9.89. The SMILES string of the molecule is CC(C)C(NC(=O)c1cccc(F)c1)C(=O)N1CCN(C(=O)c2ccc(F)cc2)C(C)C1. The molecule has 0 aromatic heterocycles. The summed E-state index contributed by atoms with van der Waals surface area (Å²) in [5.41, 5.74) is 0.534. The van der Waals surface area contributed by atoms with Crippen molar-refractivity contribution in [1.82, 2.24) is 15.1 Å². The summed E-state index contributed by atoms with van der Waals surface area (Å²) in [7, 11) is 0. The van der Waals surface area contributed by atoms with Crippen LogP contribution in [0.1, 0.15) is 41.5 Å². The van der Waals surface area contributed by atoms with Crippen molar-refractivity contribution >= 4 is 17.7 Å². The fourth-order valence-corrected chi connectivity index (χ4v) is 3.78. The molecule has 2 aromatic rings. The molecule has 2 atom stereocenters. The third-order valence-electron chi connectivity index (χ3n) is 5.60. The van der Waals surface area contributed by atoms with Crippen LogP contribution in [0.3, 0.4) is 0 Å². The number of hydrogen-bond donors (Lipinski definition) is 1. The van der Waals surface area contributed by atoms with E-state index in [0.29, 0.717) is 25.2 Å². The van der Waals surface area contributed by atoms with Crippen molar-refractivity contribution in [2.24, 2.45) is 5.92 Å². The summed E-state index contributed by atoms with van der Waals surface area (Å²) >= 11 is 0. The van der Waals surface area contributed by atoms with Crippen LogP contribution in [-0.4, -0.2) is 59.2 Å². The van der Waals surface area contributed by atoms with E-state index in [9.17, 15) is 23.2 Å². The lowest BCUT2D eigenvalue weighted by Gasteiger charge is -2.41. The maximum Gasteiger partial charge on any atom is 0.254 e. The molecule has 170 valence electrons. The van der Waals surface area contributed by atoms with Crippen molar-refractivity contribution in [3.8, 4) is 0 Å². The first-order chi connectivity index (χ1) is 15.2. The largest absolute Gasteiger partial charge is 0.340 e. The van der Waals surface area contributed by atoms with Crippen LogP contribution in [0.15, 0.2) is 48.5 Å². The van der Waals surface area contributed by atoms with Gasteiger partial charge in [0.15, 0.2) is 0 Å². The summed E-state index contributed by atoms with van der Waals surface area (Å²) in [6.45, 7) is 6.45. The van der Waals surface area contributed by atoms with E-state index in [0.717, 1.165) is 6.07 Å². The number of benzene rings is 2. The Labute approximate surface area is 186 Å². The number of halogens is 2. The van der Waals surface area contributed by atoms with Gasteiger partial charge in [0.2, 0.25) is 5.91 Å². The summed E-state index contributed by atoms with van der Waals surface area (Å²) in [5.74, 6) is -2.11. The van der Waals surface area contributed by atoms with Crippen LogP contribution in [-0.2, 0) is 4.79 Å². The number of nitrogens with one attached hydrogen (secondary N) is 1. The highest BCUT2D eigenvalue weighted by Crippen LogP contribution is 2.17. The van der Waals surface area contributed by atoms with E-state index >= 15 is 0 Å². The number of rotatable bonds is 5. The van der Waals surface area contributed by atoms with Crippen LogP contribution in [0.2, 0.25) is 0 Å². The third kappa shape index (κ3) is 5.30. The minimum absolute atomic E-state index is 0.145. The fourth-order valence-electron chi connectivity index (χ4n) is 3.78. The predicted molar refractivity (Wildman–Crippen MR) is 116 cm³/mol. The first-order valence-corrected chi connectivity index (χ1v) is 10.6. The lowest BCUT2D eigenvalue weighted by Crippen LogP contribution is -2.59. The first kappa shape index (κ1) is 23.4. The van der Waals surface area contributed by atoms with Gasteiger partial charge in [0.1, 0.15) is 17.7 Å². The van der Waals surface area contributed by atoms with E-state index in [1.807, 2.05) is 20.8 Å². The highest BCUT2D eigenvalue weighted by Gasteiger charge is 2.35. The molecule has 32 heavy (non-hydrogen) atoms. The maximum atomic E-state index is 13.5. The Hall–Kier alpha value is -3.29. The van der Waals surface area contributed by atoms with E-state index in [1.54, 1.807) is 9.80 Å². The summed E-state index contributed by atoms with van der Waals surface area (Å²) in [5, 5.41) is 2.72. The quantitative estimate of drug-likeness (QED) is 0.772. The van der Waals surface area contributed by atoms with E-state index < -0.39 is 23.6 Å². The molecule has 3 amide bonds. The molecule has 1 aliphatic rings. The molecule has 1 fully saturated rings. The van der Waals surface area contributed by atoms with Crippen LogP contribution in [0.25, 0.3) is 0 Å².